The van der Waals surface area contributed by atoms with E-state index in [4.69, 9.17) is 9.47 Å². The van der Waals surface area contributed by atoms with Gasteiger partial charge in [0.1, 0.15) is 5.70 Å². The monoisotopic (exact) mass is 402 g/mol. The molecule has 0 unspecified atom stereocenters. The minimum absolute atomic E-state index is 0.0377. The molecule has 0 amide bonds. The minimum Gasteiger partial charge on any atom is -0.466 e. The molecule has 2 atom stereocenters. The van der Waals surface area contributed by atoms with Crippen molar-refractivity contribution in [1.29, 1.82) is 0 Å². The molecule has 0 fully saturated rings. The number of carbonyl (C=O) groups excluding carboxylic acids is 3. The molecule has 2 rings (SSSR count). The number of Topliss-reactive ketones (excluding diaryl/α,β-unsaturated/α-hetero) is 1. The first-order valence-corrected chi connectivity index (χ1v) is 8.40. The number of fused-ring (bicyclic) bond motifs is 1. The summed E-state index contributed by atoms with van der Waals surface area (Å²) in [4.78, 5) is 40.5. The number of hydrogen-bond acceptors (Lipinski definition) is 6. The maximum atomic E-state index is 12.9. The zero-order valence-corrected chi connectivity index (χ0v) is 16.1. The van der Waals surface area contributed by atoms with Crippen LogP contribution >= 0.6 is 0 Å². The molecule has 0 spiro atoms. The van der Waals surface area contributed by atoms with E-state index in [0.29, 0.717) is 11.3 Å². The van der Waals surface area contributed by atoms with Gasteiger partial charge in [0.2, 0.25) is 0 Å². The van der Waals surface area contributed by atoms with E-state index in [1.165, 1.54) is 4.90 Å². The van der Waals surface area contributed by atoms with Crippen molar-refractivity contribution in [2.45, 2.75) is 31.9 Å². The van der Waals surface area contributed by atoms with Crippen molar-refractivity contribution in [3.63, 3.8) is 0 Å². The Hall–Kier alpha value is -2.78. The molecule has 0 saturated carbocycles. The largest absolute Gasteiger partial charge is 0.466 e. The van der Waals surface area contributed by atoms with Gasteiger partial charge in [0.05, 0.1) is 25.5 Å². The smallest absolute Gasteiger partial charge is 0.456 e. The van der Waals surface area contributed by atoms with Gasteiger partial charge >= 0.3 is 18.1 Å². The predicted molar refractivity (Wildman–Crippen MR) is 91.7 cm³/mol. The number of esters is 2. The summed E-state index contributed by atoms with van der Waals surface area (Å²) in [6, 6.07) is 1.08. The van der Waals surface area contributed by atoms with E-state index in [1.54, 1.807) is 20.9 Å². The van der Waals surface area contributed by atoms with Crippen molar-refractivity contribution < 1.29 is 37.0 Å². The van der Waals surface area contributed by atoms with Gasteiger partial charge in [0.25, 0.3) is 5.78 Å². The van der Waals surface area contributed by atoms with E-state index in [-0.39, 0.29) is 23.7 Å². The Morgan fingerprint density at radius 3 is 2.21 bits per heavy atom. The normalized spacial score (nSPS) is 22.8. The first-order valence-electron chi connectivity index (χ1n) is 8.40. The molecular formula is C18H21F3N2O5. The van der Waals surface area contributed by atoms with Crippen LogP contribution < -0.4 is 0 Å². The highest BCUT2D eigenvalue weighted by atomic mass is 19.4. The van der Waals surface area contributed by atoms with Crippen LogP contribution in [0, 0.1) is 0 Å². The zero-order chi connectivity index (χ0) is 21.4. The first-order chi connectivity index (χ1) is 12.9. The second-order valence-corrected chi connectivity index (χ2v) is 6.63. The lowest BCUT2D eigenvalue weighted by Gasteiger charge is -2.31. The molecule has 1 aliphatic rings. The number of hydrogen-bond donors (Lipinski definition) is 1. The number of nitrogens with one attached hydrogen (secondary N) is 1. The predicted octanol–water partition coefficient (Wildman–Crippen LogP) is 2.51. The van der Waals surface area contributed by atoms with Gasteiger partial charge in [-0.25, -0.2) is 9.59 Å². The van der Waals surface area contributed by atoms with Crippen molar-refractivity contribution in [2.24, 2.45) is 0 Å². The third-order valence-electron chi connectivity index (χ3n) is 4.74. The standard InChI is InChI=1S/C18H21F3N2O5/c1-8-7-23(3)14(17(26)28-5)12(16(25)27-4)9(2)10-6-11(22-13(8)10)15(24)18(19,20)21/h6,8-9,22H,7H2,1-5H3/b14-12+/t8-,9-/m1/s1. The van der Waals surface area contributed by atoms with Crippen molar-refractivity contribution >= 4 is 17.7 Å². The Kier molecular flexibility index (Phi) is 5.91. The molecule has 28 heavy (non-hydrogen) atoms. The van der Waals surface area contributed by atoms with E-state index >= 15 is 0 Å². The SMILES string of the molecule is COC(=O)/C1=C(\C(=O)OC)N(C)C[C@@H](C)c2[nH]c(C(=O)C(F)(F)F)cc2[C@H]1C. The summed E-state index contributed by atoms with van der Waals surface area (Å²) < 4.78 is 48.2. The second kappa shape index (κ2) is 7.69. The van der Waals surface area contributed by atoms with Gasteiger partial charge in [-0.2, -0.15) is 13.2 Å². The minimum atomic E-state index is -5.04. The number of aromatic amines is 1. The third kappa shape index (κ3) is 3.76. The number of ketones is 1. The fourth-order valence-corrected chi connectivity index (χ4v) is 3.43. The van der Waals surface area contributed by atoms with Crippen molar-refractivity contribution in [1.82, 2.24) is 9.88 Å². The number of carbonyl (C=O) groups is 3. The zero-order valence-electron chi connectivity index (χ0n) is 16.1. The summed E-state index contributed by atoms with van der Waals surface area (Å²) in [6.07, 6.45) is -5.04. The van der Waals surface area contributed by atoms with E-state index in [2.05, 4.69) is 4.98 Å². The number of methoxy groups -OCH3 is 2. The molecule has 0 bridgehead atoms. The number of rotatable bonds is 3. The summed E-state index contributed by atoms with van der Waals surface area (Å²) in [5.74, 6) is -4.79. The molecule has 1 N–H and O–H groups in total. The van der Waals surface area contributed by atoms with Crippen LogP contribution in [0.2, 0.25) is 0 Å². The second-order valence-electron chi connectivity index (χ2n) is 6.63. The maximum Gasteiger partial charge on any atom is 0.456 e. The van der Waals surface area contributed by atoms with Crippen molar-refractivity contribution in [2.75, 3.05) is 27.8 Å². The van der Waals surface area contributed by atoms with Crippen molar-refractivity contribution in [3.05, 3.63) is 34.3 Å². The molecule has 154 valence electrons. The molecule has 0 saturated heterocycles. The van der Waals surface area contributed by atoms with E-state index < -0.39 is 35.5 Å². The Bertz CT molecular complexity index is 841. The lowest BCUT2D eigenvalue weighted by Crippen LogP contribution is -2.34. The number of nitrogens with zero attached hydrogens (tertiary/aromatic N) is 1. The molecular weight excluding hydrogens is 381 g/mol. The van der Waals surface area contributed by atoms with Crippen LogP contribution in [0.3, 0.4) is 0 Å². The number of halogens is 3. The molecule has 0 aromatic carbocycles. The summed E-state index contributed by atoms with van der Waals surface area (Å²) in [5.41, 5.74) is -0.0175. The van der Waals surface area contributed by atoms with Gasteiger partial charge < -0.3 is 19.4 Å². The molecule has 10 heteroatoms. The Balaban J connectivity index is 2.74. The van der Waals surface area contributed by atoms with Crippen LogP contribution in [-0.2, 0) is 19.1 Å². The number of alkyl halides is 3. The first kappa shape index (κ1) is 21.5. The highest BCUT2D eigenvalue weighted by molar-refractivity contribution is 6.02. The lowest BCUT2D eigenvalue weighted by atomic mass is 9.86. The van der Waals surface area contributed by atoms with E-state index in [9.17, 15) is 27.6 Å². The van der Waals surface area contributed by atoms with Crippen molar-refractivity contribution in [3.8, 4) is 0 Å². The molecule has 0 aliphatic carbocycles. The lowest BCUT2D eigenvalue weighted by molar-refractivity contribution is -0.141. The van der Waals surface area contributed by atoms with Gasteiger partial charge in [-0.1, -0.05) is 13.8 Å². The number of likely N-dealkylation sites (N-methyl/N-ethyl adjacent to an activating group) is 1. The van der Waals surface area contributed by atoms with Crippen LogP contribution in [0.5, 0.6) is 0 Å². The Morgan fingerprint density at radius 2 is 1.71 bits per heavy atom. The van der Waals surface area contributed by atoms with Crippen LogP contribution in [0.4, 0.5) is 13.2 Å². The highest BCUT2D eigenvalue weighted by Gasteiger charge is 2.42. The molecule has 0 radical (unpaired) electrons. The summed E-state index contributed by atoms with van der Waals surface area (Å²) in [5, 5.41) is 0. The van der Waals surface area contributed by atoms with Gasteiger partial charge in [-0.3, -0.25) is 4.79 Å². The van der Waals surface area contributed by atoms with Gasteiger partial charge in [0.15, 0.2) is 0 Å². The summed E-state index contributed by atoms with van der Waals surface area (Å²) in [7, 11) is 3.86. The molecule has 1 aromatic heterocycles. The van der Waals surface area contributed by atoms with Crippen LogP contribution in [0.1, 0.15) is 47.4 Å². The quantitative estimate of drug-likeness (QED) is 0.617. The topological polar surface area (TPSA) is 88.7 Å². The fraction of sp³-hybridized carbons (Fsp3) is 0.500. The van der Waals surface area contributed by atoms with E-state index in [1.807, 2.05) is 0 Å². The average molecular weight is 402 g/mol. The molecule has 1 aromatic rings. The van der Waals surface area contributed by atoms with Gasteiger partial charge in [-0.15, -0.1) is 0 Å². The summed E-state index contributed by atoms with van der Waals surface area (Å²) in [6.45, 7) is 3.47. The third-order valence-corrected chi connectivity index (χ3v) is 4.74. The van der Waals surface area contributed by atoms with Crippen LogP contribution in [0.25, 0.3) is 0 Å². The average Bonchev–Trinajstić information content (AvgIpc) is 3.07. The van der Waals surface area contributed by atoms with Crippen LogP contribution in [-0.4, -0.2) is 61.6 Å². The Morgan fingerprint density at radius 1 is 1.14 bits per heavy atom. The fourth-order valence-electron chi connectivity index (χ4n) is 3.43. The van der Waals surface area contributed by atoms with Gasteiger partial charge in [0, 0.05) is 31.1 Å². The number of ether oxygens (including phenoxy) is 2. The van der Waals surface area contributed by atoms with Gasteiger partial charge in [-0.05, 0) is 11.6 Å². The maximum absolute atomic E-state index is 12.9. The highest BCUT2D eigenvalue weighted by Crippen LogP contribution is 2.38. The Labute approximate surface area is 159 Å². The molecule has 7 nitrogen and oxygen atoms in total. The van der Waals surface area contributed by atoms with Crippen LogP contribution in [0.15, 0.2) is 17.3 Å². The number of aromatic nitrogens is 1. The molecule has 2 heterocycles. The number of H-pyrrole nitrogens is 1. The molecule has 1 aliphatic heterocycles. The van der Waals surface area contributed by atoms with E-state index in [0.717, 1.165) is 20.3 Å². The summed E-state index contributed by atoms with van der Waals surface area (Å²) >= 11 is 0.